The zero-order valence-electron chi connectivity index (χ0n) is 11.2. The van der Waals surface area contributed by atoms with Crippen molar-refractivity contribution in [3.63, 3.8) is 0 Å². The molecule has 0 fully saturated rings. The number of fused-ring (bicyclic) bond motifs is 1. The predicted octanol–water partition coefficient (Wildman–Crippen LogP) is 4.73. The monoisotopic (exact) mass is 262 g/mol. The minimum Gasteiger partial charge on any atom is -0.323 e. The largest absolute Gasteiger partial charge is 0.323 e. The van der Waals surface area contributed by atoms with E-state index in [2.05, 4.69) is 39.5 Å². The molecule has 0 amide bonds. The average molecular weight is 262 g/mol. The predicted molar refractivity (Wildman–Crippen MR) is 80.4 cm³/mol. The minimum atomic E-state index is 0.363. The molecule has 20 heavy (non-hydrogen) atoms. The fourth-order valence-electron chi connectivity index (χ4n) is 2.57. The van der Waals surface area contributed by atoms with Crippen molar-refractivity contribution in [3.05, 3.63) is 76.4 Å². The Bertz CT molecular complexity index is 810. The quantitative estimate of drug-likeness (QED) is 0.372. The van der Waals surface area contributed by atoms with Crippen LogP contribution in [0.5, 0.6) is 0 Å². The van der Waals surface area contributed by atoms with Gasteiger partial charge in [0.15, 0.2) is 0 Å². The molecule has 0 bridgehead atoms. The highest BCUT2D eigenvalue weighted by Gasteiger charge is 2.13. The molecule has 0 spiro atoms. The molecule has 2 aromatic heterocycles. The molecule has 0 radical (unpaired) electrons. The summed E-state index contributed by atoms with van der Waals surface area (Å²) >= 11 is 0. The lowest BCUT2D eigenvalue weighted by atomic mass is 9.98. The van der Waals surface area contributed by atoms with Gasteiger partial charge in [-0.25, -0.2) is 0 Å². The lowest BCUT2D eigenvalue weighted by molar-refractivity contribution is 1.04. The van der Waals surface area contributed by atoms with Crippen LogP contribution in [-0.4, -0.2) is 4.40 Å². The van der Waals surface area contributed by atoms with Crippen LogP contribution in [0.15, 0.2) is 60.0 Å². The van der Waals surface area contributed by atoms with Crippen LogP contribution in [0.25, 0.3) is 27.1 Å². The van der Waals surface area contributed by atoms with Crippen LogP contribution < -0.4 is 0 Å². The second kappa shape index (κ2) is 5.11. The van der Waals surface area contributed by atoms with Gasteiger partial charge in [0, 0.05) is 22.9 Å². The van der Waals surface area contributed by atoms with Crippen molar-refractivity contribution in [3.8, 4) is 11.1 Å². The van der Waals surface area contributed by atoms with Crippen LogP contribution in [0.1, 0.15) is 11.1 Å². The summed E-state index contributed by atoms with van der Waals surface area (Å²) in [6.07, 6.45) is 4.04. The minimum absolute atomic E-state index is 0.363. The highest BCUT2D eigenvalue weighted by Crippen LogP contribution is 2.32. The summed E-state index contributed by atoms with van der Waals surface area (Å²) < 4.78 is 2.07. The number of aromatic nitrogens is 1. The summed E-state index contributed by atoms with van der Waals surface area (Å²) in [6.45, 7) is 2.46. The molecular formula is C16H14N4. The van der Waals surface area contributed by atoms with Gasteiger partial charge >= 0.3 is 0 Å². The molecule has 0 aliphatic carbocycles. The SMILES string of the molecule is Cc1ccccc1-c1c(CN=[N+]=[N-])cn2ccccc12. The third-order valence-corrected chi connectivity index (χ3v) is 3.48. The summed E-state index contributed by atoms with van der Waals surface area (Å²) in [6, 6.07) is 14.4. The van der Waals surface area contributed by atoms with E-state index in [-0.39, 0.29) is 0 Å². The number of benzene rings is 1. The smallest absolute Gasteiger partial charge is 0.0532 e. The van der Waals surface area contributed by atoms with Gasteiger partial charge in [0.25, 0.3) is 0 Å². The first kappa shape index (κ1) is 12.3. The van der Waals surface area contributed by atoms with Crippen molar-refractivity contribution in [1.82, 2.24) is 4.40 Å². The van der Waals surface area contributed by atoms with Crippen LogP contribution in [-0.2, 0) is 6.54 Å². The van der Waals surface area contributed by atoms with E-state index in [1.807, 2.05) is 36.7 Å². The first-order chi connectivity index (χ1) is 9.81. The van der Waals surface area contributed by atoms with Gasteiger partial charge in [-0.3, -0.25) is 0 Å². The van der Waals surface area contributed by atoms with E-state index < -0.39 is 0 Å². The molecule has 4 nitrogen and oxygen atoms in total. The highest BCUT2D eigenvalue weighted by atomic mass is 15.1. The lowest BCUT2D eigenvalue weighted by Crippen LogP contribution is -1.86. The number of aryl methyl sites for hydroxylation is 1. The van der Waals surface area contributed by atoms with Crippen molar-refractivity contribution in [2.45, 2.75) is 13.5 Å². The molecule has 3 aromatic rings. The third-order valence-electron chi connectivity index (χ3n) is 3.48. The lowest BCUT2D eigenvalue weighted by Gasteiger charge is -2.07. The standard InChI is InChI=1S/C16H14N4/c1-12-6-2-3-7-14(12)16-13(10-18-19-17)11-20-9-5-4-8-15(16)20/h2-9,11H,10H2,1H3. The molecule has 0 N–H and O–H groups in total. The molecule has 0 aliphatic heterocycles. The third kappa shape index (κ3) is 2.02. The Kier molecular flexibility index (Phi) is 3.15. The summed E-state index contributed by atoms with van der Waals surface area (Å²) in [5.41, 5.74) is 14.3. The normalized spacial score (nSPS) is 10.4. The molecule has 0 unspecified atom stereocenters. The van der Waals surface area contributed by atoms with Gasteiger partial charge in [-0.05, 0) is 41.3 Å². The Hall–Kier alpha value is -2.71. The summed E-state index contributed by atoms with van der Waals surface area (Å²) in [5.74, 6) is 0. The molecule has 0 saturated carbocycles. The first-order valence-corrected chi connectivity index (χ1v) is 6.46. The van der Waals surface area contributed by atoms with Crippen molar-refractivity contribution < 1.29 is 0 Å². The molecule has 1 aromatic carbocycles. The van der Waals surface area contributed by atoms with E-state index in [9.17, 15) is 0 Å². The van der Waals surface area contributed by atoms with Crippen LogP contribution in [0.2, 0.25) is 0 Å². The molecule has 3 rings (SSSR count). The molecule has 0 aliphatic rings. The second-order valence-electron chi connectivity index (χ2n) is 4.73. The Balaban J connectivity index is 2.31. The highest BCUT2D eigenvalue weighted by molar-refractivity contribution is 5.85. The van der Waals surface area contributed by atoms with E-state index in [4.69, 9.17) is 5.53 Å². The van der Waals surface area contributed by atoms with Crippen LogP contribution in [0.3, 0.4) is 0 Å². The van der Waals surface area contributed by atoms with Crippen molar-refractivity contribution in [1.29, 1.82) is 0 Å². The van der Waals surface area contributed by atoms with Gasteiger partial charge in [-0.2, -0.15) is 0 Å². The Labute approximate surface area is 116 Å². The summed E-state index contributed by atoms with van der Waals surface area (Å²) in [4.78, 5) is 2.87. The molecule has 0 saturated heterocycles. The van der Waals surface area contributed by atoms with E-state index in [0.717, 1.165) is 16.6 Å². The number of pyridine rings is 1. The number of rotatable bonds is 3. The fraction of sp³-hybridized carbons (Fsp3) is 0.125. The first-order valence-electron chi connectivity index (χ1n) is 6.46. The maximum Gasteiger partial charge on any atom is 0.0532 e. The zero-order chi connectivity index (χ0) is 13.9. The van der Waals surface area contributed by atoms with E-state index >= 15 is 0 Å². The van der Waals surface area contributed by atoms with Gasteiger partial charge in [-0.1, -0.05) is 35.4 Å². The number of hydrogen-bond donors (Lipinski definition) is 0. The summed E-state index contributed by atoms with van der Waals surface area (Å²) in [5, 5.41) is 3.72. The second-order valence-corrected chi connectivity index (χ2v) is 4.73. The Morgan fingerprint density at radius 1 is 1.15 bits per heavy atom. The van der Waals surface area contributed by atoms with E-state index in [1.54, 1.807) is 0 Å². The molecule has 0 atom stereocenters. The van der Waals surface area contributed by atoms with Crippen molar-refractivity contribution in [2.24, 2.45) is 5.11 Å². The van der Waals surface area contributed by atoms with Gasteiger partial charge in [0.1, 0.15) is 0 Å². The maximum absolute atomic E-state index is 8.57. The van der Waals surface area contributed by atoms with Crippen LogP contribution in [0.4, 0.5) is 0 Å². The molecule has 2 heterocycles. The fourth-order valence-corrected chi connectivity index (χ4v) is 2.57. The van der Waals surface area contributed by atoms with Crippen molar-refractivity contribution in [2.75, 3.05) is 0 Å². The van der Waals surface area contributed by atoms with Gasteiger partial charge < -0.3 is 4.40 Å². The van der Waals surface area contributed by atoms with E-state index in [0.29, 0.717) is 6.54 Å². The summed E-state index contributed by atoms with van der Waals surface area (Å²) in [7, 11) is 0. The molecule has 4 heteroatoms. The van der Waals surface area contributed by atoms with Crippen LogP contribution >= 0.6 is 0 Å². The Morgan fingerprint density at radius 3 is 2.75 bits per heavy atom. The van der Waals surface area contributed by atoms with Gasteiger partial charge in [0.2, 0.25) is 0 Å². The van der Waals surface area contributed by atoms with Crippen LogP contribution in [0, 0.1) is 6.92 Å². The van der Waals surface area contributed by atoms with E-state index in [1.165, 1.54) is 11.1 Å². The van der Waals surface area contributed by atoms with Gasteiger partial charge in [-0.15, -0.1) is 0 Å². The Morgan fingerprint density at radius 2 is 1.95 bits per heavy atom. The maximum atomic E-state index is 8.57. The topological polar surface area (TPSA) is 53.2 Å². The number of azide groups is 1. The van der Waals surface area contributed by atoms with Crippen molar-refractivity contribution >= 4 is 5.52 Å². The molecule has 98 valence electrons. The zero-order valence-corrected chi connectivity index (χ0v) is 11.2. The number of nitrogens with zero attached hydrogens (tertiary/aromatic N) is 4. The molecular weight excluding hydrogens is 248 g/mol. The number of hydrogen-bond acceptors (Lipinski definition) is 1. The van der Waals surface area contributed by atoms with Gasteiger partial charge in [0.05, 0.1) is 12.1 Å². The average Bonchev–Trinajstić information content (AvgIpc) is 2.84.